The number of hydrogen-bond acceptors (Lipinski definition) is 4. The molecule has 0 aliphatic carbocycles. The summed E-state index contributed by atoms with van der Waals surface area (Å²) in [5, 5.41) is 18.0. The van der Waals surface area contributed by atoms with Gasteiger partial charge in [-0.1, -0.05) is 0 Å². The molecule has 1 saturated heterocycles. The number of aliphatic hydroxyl groups excluding tert-OH is 1. The van der Waals surface area contributed by atoms with Crippen LogP contribution in [0.1, 0.15) is 41.4 Å². The van der Waals surface area contributed by atoms with Gasteiger partial charge in [0.1, 0.15) is 0 Å². The Hall–Kier alpha value is -1.66. The number of aromatic nitrogens is 4. The summed E-state index contributed by atoms with van der Waals surface area (Å²) >= 11 is 0. The first-order valence-corrected chi connectivity index (χ1v) is 8.44. The molecule has 0 bridgehead atoms. The number of aryl methyl sites for hydroxylation is 2. The topological polar surface area (TPSA) is 59.1 Å². The summed E-state index contributed by atoms with van der Waals surface area (Å²) in [5.41, 5.74) is 5.06. The van der Waals surface area contributed by atoms with Gasteiger partial charge in [0, 0.05) is 42.7 Å². The summed E-state index contributed by atoms with van der Waals surface area (Å²) in [5.74, 6) is 0.552. The minimum atomic E-state index is 0.146. The van der Waals surface area contributed by atoms with E-state index in [1.807, 2.05) is 22.6 Å². The first kappa shape index (κ1) is 16.2. The second kappa shape index (κ2) is 6.84. The first-order chi connectivity index (χ1) is 11.1. The van der Waals surface area contributed by atoms with Crippen LogP contribution in [0.4, 0.5) is 0 Å². The lowest BCUT2D eigenvalue weighted by atomic mass is 9.93. The lowest BCUT2D eigenvalue weighted by Gasteiger charge is -2.32. The van der Waals surface area contributed by atoms with Crippen LogP contribution in [-0.2, 0) is 20.1 Å². The van der Waals surface area contributed by atoms with Crippen molar-refractivity contribution in [3.63, 3.8) is 0 Å². The fourth-order valence-electron chi connectivity index (χ4n) is 3.63. The minimum absolute atomic E-state index is 0.146. The lowest BCUT2D eigenvalue weighted by Crippen LogP contribution is -2.33. The molecule has 1 aliphatic heterocycles. The molecule has 2 aromatic heterocycles. The summed E-state index contributed by atoms with van der Waals surface area (Å²) in [6.07, 6.45) is 4.14. The van der Waals surface area contributed by atoms with Gasteiger partial charge in [0.2, 0.25) is 0 Å². The highest BCUT2D eigenvalue weighted by molar-refractivity contribution is 5.24. The maximum Gasteiger partial charge on any atom is 0.0644 e. The summed E-state index contributed by atoms with van der Waals surface area (Å²) in [6, 6.07) is 2.10. The number of rotatable bonds is 5. The molecule has 1 fully saturated rings. The van der Waals surface area contributed by atoms with Crippen LogP contribution in [0.5, 0.6) is 0 Å². The normalized spacial score (nSPS) is 17.0. The summed E-state index contributed by atoms with van der Waals surface area (Å²) in [6.45, 7) is 8.18. The van der Waals surface area contributed by atoms with Gasteiger partial charge in [0.05, 0.1) is 18.8 Å². The molecule has 126 valence electrons. The van der Waals surface area contributed by atoms with E-state index >= 15 is 0 Å². The lowest BCUT2D eigenvalue weighted by molar-refractivity contribution is 0.198. The molecule has 23 heavy (non-hydrogen) atoms. The quantitative estimate of drug-likeness (QED) is 0.910. The predicted octanol–water partition coefficient (Wildman–Crippen LogP) is 1.61. The predicted molar refractivity (Wildman–Crippen MR) is 89.2 cm³/mol. The van der Waals surface area contributed by atoms with Gasteiger partial charge >= 0.3 is 0 Å². The largest absolute Gasteiger partial charge is 0.394 e. The molecule has 6 nitrogen and oxygen atoms in total. The Morgan fingerprint density at radius 1 is 1.26 bits per heavy atom. The van der Waals surface area contributed by atoms with Crippen LogP contribution in [0.3, 0.4) is 0 Å². The summed E-state index contributed by atoms with van der Waals surface area (Å²) in [7, 11) is 2.01. The Labute approximate surface area is 137 Å². The van der Waals surface area contributed by atoms with Crippen LogP contribution in [-0.4, -0.2) is 49.3 Å². The molecule has 1 N–H and O–H groups in total. The molecule has 0 radical (unpaired) electrons. The van der Waals surface area contributed by atoms with Crippen molar-refractivity contribution in [2.75, 3.05) is 19.7 Å². The fourth-order valence-corrected chi connectivity index (χ4v) is 3.63. The van der Waals surface area contributed by atoms with E-state index in [9.17, 15) is 0 Å². The van der Waals surface area contributed by atoms with E-state index in [0.29, 0.717) is 12.5 Å². The third-order valence-electron chi connectivity index (χ3n) is 5.11. The summed E-state index contributed by atoms with van der Waals surface area (Å²) < 4.78 is 3.93. The monoisotopic (exact) mass is 317 g/mol. The van der Waals surface area contributed by atoms with E-state index in [0.717, 1.165) is 38.2 Å². The van der Waals surface area contributed by atoms with Gasteiger partial charge in [-0.15, -0.1) is 0 Å². The van der Waals surface area contributed by atoms with E-state index in [1.165, 1.54) is 17.0 Å². The van der Waals surface area contributed by atoms with Gasteiger partial charge in [-0.25, -0.2) is 0 Å². The average Bonchev–Trinajstić information content (AvgIpc) is 3.09. The van der Waals surface area contributed by atoms with Crippen molar-refractivity contribution < 1.29 is 5.11 Å². The zero-order chi connectivity index (χ0) is 16.4. The van der Waals surface area contributed by atoms with E-state index < -0.39 is 0 Å². The van der Waals surface area contributed by atoms with Crippen LogP contribution in [0, 0.1) is 13.8 Å². The van der Waals surface area contributed by atoms with Gasteiger partial charge in [-0.3, -0.25) is 14.3 Å². The molecular formula is C17H27N5O. The maximum atomic E-state index is 9.14. The van der Waals surface area contributed by atoms with Gasteiger partial charge < -0.3 is 5.11 Å². The minimum Gasteiger partial charge on any atom is -0.394 e. The molecular weight excluding hydrogens is 290 g/mol. The van der Waals surface area contributed by atoms with Crippen molar-refractivity contribution in [3.05, 3.63) is 34.9 Å². The maximum absolute atomic E-state index is 9.14. The third-order valence-corrected chi connectivity index (χ3v) is 5.11. The Morgan fingerprint density at radius 2 is 2.00 bits per heavy atom. The SMILES string of the molecule is Cc1nn(C)c(C)c1CN1CCC(c2ccnn2CCO)CC1. The van der Waals surface area contributed by atoms with Crippen molar-refractivity contribution in [3.8, 4) is 0 Å². The molecule has 0 spiro atoms. The van der Waals surface area contributed by atoms with Crippen molar-refractivity contribution in [2.24, 2.45) is 7.05 Å². The van der Waals surface area contributed by atoms with E-state index in [4.69, 9.17) is 5.11 Å². The number of piperidine rings is 1. The number of hydrogen-bond donors (Lipinski definition) is 1. The molecule has 0 amide bonds. The fraction of sp³-hybridized carbons (Fsp3) is 0.647. The van der Waals surface area contributed by atoms with Crippen LogP contribution in [0.15, 0.2) is 12.3 Å². The van der Waals surface area contributed by atoms with Crippen molar-refractivity contribution in [1.82, 2.24) is 24.5 Å². The average molecular weight is 317 g/mol. The smallest absolute Gasteiger partial charge is 0.0644 e. The second-order valence-electron chi connectivity index (χ2n) is 6.53. The molecule has 3 heterocycles. The van der Waals surface area contributed by atoms with E-state index in [2.05, 4.69) is 35.0 Å². The van der Waals surface area contributed by atoms with Crippen LogP contribution in [0.2, 0.25) is 0 Å². The highest BCUT2D eigenvalue weighted by atomic mass is 16.3. The molecule has 0 unspecified atom stereocenters. The molecule has 0 aromatic carbocycles. The van der Waals surface area contributed by atoms with Gasteiger partial charge in [0.25, 0.3) is 0 Å². The van der Waals surface area contributed by atoms with Crippen molar-refractivity contribution in [1.29, 1.82) is 0 Å². The van der Waals surface area contributed by atoms with E-state index in [1.54, 1.807) is 0 Å². The highest BCUT2D eigenvalue weighted by Crippen LogP contribution is 2.29. The molecule has 6 heteroatoms. The number of aliphatic hydroxyl groups is 1. The second-order valence-corrected chi connectivity index (χ2v) is 6.53. The van der Waals surface area contributed by atoms with Crippen LogP contribution < -0.4 is 0 Å². The zero-order valence-corrected chi connectivity index (χ0v) is 14.4. The zero-order valence-electron chi connectivity index (χ0n) is 14.4. The molecule has 3 rings (SSSR count). The van der Waals surface area contributed by atoms with Gasteiger partial charge in [-0.2, -0.15) is 10.2 Å². The van der Waals surface area contributed by atoms with E-state index in [-0.39, 0.29) is 6.61 Å². The number of nitrogens with zero attached hydrogens (tertiary/aromatic N) is 5. The Bertz CT molecular complexity index is 652. The van der Waals surface area contributed by atoms with Gasteiger partial charge in [0.15, 0.2) is 0 Å². The third kappa shape index (κ3) is 3.33. The van der Waals surface area contributed by atoms with Crippen molar-refractivity contribution in [2.45, 2.75) is 45.7 Å². The Balaban J connectivity index is 1.61. The molecule has 2 aromatic rings. The number of likely N-dealkylation sites (tertiary alicyclic amines) is 1. The first-order valence-electron chi connectivity index (χ1n) is 8.44. The molecule has 1 aliphatic rings. The molecule has 0 atom stereocenters. The molecule has 0 saturated carbocycles. The highest BCUT2D eigenvalue weighted by Gasteiger charge is 2.24. The Morgan fingerprint density at radius 3 is 2.61 bits per heavy atom. The van der Waals surface area contributed by atoms with Gasteiger partial charge in [-0.05, 0) is 45.8 Å². The summed E-state index contributed by atoms with van der Waals surface area (Å²) in [4.78, 5) is 2.53. The van der Waals surface area contributed by atoms with Crippen molar-refractivity contribution >= 4 is 0 Å². The standard InChI is InChI=1S/C17H27N5O/c1-13-16(14(2)20(3)19-13)12-21-8-5-15(6-9-21)17-4-7-18-22(17)10-11-23/h4,7,15,23H,5-6,8-12H2,1-3H3. The van der Waals surface area contributed by atoms with Crippen LogP contribution >= 0.6 is 0 Å². The van der Waals surface area contributed by atoms with Crippen LogP contribution in [0.25, 0.3) is 0 Å². The Kier molecular flexibility index (Phi) is 4.82.